The van der Waals surface area contributed by atoms with Gasteiger partial charge in [0, 0.05) is 42.7 Å². The van der Waals surface area contributed by atoms with Crippen molar-refractivity contribution >= 4 is 29.4 Å². The predicted molar refractivity (Wildman–Crippen MR) is 84.7 cm³/mol. The van der Waals surface area contributed by atoms with Crippen LogP contribution >= 0.6 is 11.8 Å². The Kier molecular flexibility index (Phi) is 9.80. The lowest BCUT2D eigenvalue weighted by molar-refractivity contribution is 0.119. The van der Waals surface area contributed by atoms with Gasteiger partial charge in [-0.2, -0.15) is 0 Å². The van der Waals surface area contributed by atoms with E-state index < -0.39 is 17.6 Å². The van der Waals surface area contributed by atoms with Crippen LogP contribution in [0.25, 0.3) is 0 Å². The molecule has 2 atom stereocenters. The van der Waals surface area contributed by atoms with E-state index in [2.05, 4.69) is 6.92 Å². The van der Waals surface area contributed by atoms with Gasteiger partial charge in [-0.25, -0.2) is 0 Å². The van der Waals surface area contributed by atoms with Crippen molar-refractivity contribution in [1.82, 2.24) is 0 Å². The van der Waals surface area contributed by atoms with Gasteiger partial charge in [-0.05, 0) is 13.3 Å². The molecule has 0 radical (unpaired) electrons. The molecule has 0 spiro atoms. The zero-order valence-corrected chi connectivity index (χ0v) is 16.5. The van der Waals surface area contributed by atoms with E-state index >= 15 is 0 Å². The Labute approximate surface area is 129 Å². The maximum Gasteiger partial charge on any atom is 0.513 e. The summed E-state index contributed by atoms with van der Waals surface area (Å²) in [6, 6.07) is 0. The van der Waals surface area contributed by atoms with Crippen molar-refractivity contribution in [2.24, 2.45) is 0 Å². The molecule has 0 aliphatic carbocycles. The molecule has 0 aliphatic rings. The Bertz CT molecular complexity index is 247. The van der Waals surface area contributed by atoms with Crippen molar-refractivity contribution in [1.29, 1.82) is 0 Å². The molecule has 122 valence electrons. The second kappa shape index (κ2) is 9.54. The van der Waals surface area contributed by atoms with Gasteiger partial charge in [-0.3, -0.25) is 0 Å². The van der Waals surface area contributed by atoms with Gasteiger partial charge in [0.05, 0.1) is 9.75 Å². The summed E-state index contributed by atoms with van der Waals surface area (Å²) >= 11 is 1.68. The minimum Gasteiger partial charge on any atom is -0.376 e. The molecule has 0 N–H and O–H groups in total. The van der Waals surface area contributed by atoms with E-state index in [9.17, 15) is 0 Å². The Morgan fingerprint density at radius 3 is 1.35 bits per heavy atom. The molecule has 6 nitrogen and oxygen atoms in total. The van der Waals surface area contributed by atoms with Gasteiger partial charge < -0.3 is 26.6 Å². The first-order chi connectivity index (χ1) is 9.45. The Hall–Kier alpha value is 0.544. The molecule has 0 amide bonds. The molecular formula is C11H28O6SSi2. The number of thioether (sulfide) groups is 1. The van der Waals surface area contributed by atoms with E-state index in [1.54, 1.807) is 54.4 Å². The third kappa shape index (κ3) is 4.27. The predicted octanol–water partition coefficient (Wildman–Crippen LogP) is 1.72. The molecule has 0 saturated heterocycles. The van der Waals surface area contributed by atoms with Crippen LogP contribution in [0.1, 0.15) is 20.3 Å². The van der Waals surface area contributed by atoms with Crippen molar-refractivity contribution in [3.8, 4) is 0 Å². The molecule has 0 bridgehead atoms. The average molecular weight is 345 g/mol. The van der Waals surface area contributed by atoms with E-state index in [0.29, 0.717) is 0 Å². The van der Waals surface area contributed by atoms with Crippen molar-refractivity contribution in [2.45, 2.75) is 30.0 Å². The summed E-state index contributed by atoms with van der Waals surface area (Å²) in [5, 5.41) is 0. The maximum absolute atomic E-state index is 5.57. The van der Waals surface area contributed by atoms with Crippen molar-refractivity contribution in [3.05, 3.63) is 0 Å². The standard InChI is InChI=1S/C11H28O6SSi2/c1-9-11(20(15-6,16-7)17-8)18-10(2)19(12-3,13-4)14-5/h10-11H,9H2,1-8H3. The Morgan fingerprint density at radius 1 is 0.750 bits per heavy atom. The molecule has 0 rings (SSSR count). The van der Waals surface area contributed by atoms with Crippen LogP contribution in [0, 0.1) is 0 Å². The highest BCUT2D eigenvalue weighted by atomic mass is 32.2. The quantitative estimate of drug-likeness (QED) is 0.529. The highest BCUT2D eigenvalue weighted by Crippen LogP contribution is 2.34. The van der Waals surface area contributed by atoms with Crippen LogP contribution in [0.15, 0.2) is 0 Å². The summed E-state index contributed by atoms with van der Waals surface area (Å²) in [4.78, 5) is 0.129. The average Bonchev–Trinajstić information content (AvgIpc) is 2.50. The smallest absolute Gasteiger partial charge is 0.376 e. The highest BCUT2D eigenvalue weighted by Gasteiger charge is 2.52. The number of hydrogen-bond acceptors (Lipinski definition) is 7. The third-order valence-corrected chi connectivity index (χ3v) is 12.6. The molecule has 20 heavy (non-hydrogen) atoms. The van der Waals surface area contributed by atoms with E-state index in [1.165, 1.54) is 0 Å². The van der Waals surface area contributed by atoms with Crippen LogP contribution in [0.5, 0.6) is 0 Å². The van der Waals surface area contributed by atoms with Gasteiger partial charge >= 0.3 is 17.6 Å². The van der Waals surface area contributed by atoms with Gasteiger partial charge in [-0.1, -0.05) is 6.92 Å². The SMILES string of the molecule is CCC(SC(C)[Si](OC)(OC)OC)[Si](OC)(OC)OC. The molecule has 0 aliphatic heterocycles. The molecule has 0 aromatic rings. The van der Waals surface area contributed by atoms with Crippen LogP contribution < -0.4 is 0 Å². The van der Waals surface area contributed by atoms with Crippen LogP contribution in [0.2, 0.25) is 0 Å². The fourth-order valence-electron chi connectivity index (χ4n) is 2.15. The molecule has 0 heterocycles. The van der Waals surface area contributed by atoms with Crippen molar-refractivity contribution < 1.29 is 26.6 Å². The van der Waals surface area contributed by atoms with Crippen LogP contribution in [-0.4, -0.2) is 70.0 Å². The molecule has 0 fully saturated rings. The normalized spacial score (nSPS) is 16.2. The molecule has 2 unspecified atom stereocenters. The van der Waals surface area contributed by atoms with Crippen molar-refractivity contribution in [2.75, 3.05) is 42.7 Å². The van der Waals surface area contributed by atoms with Crippen LogP contribution in [-0.2, 0) is 26.6 Å². The largest absolute Gasteiger partial charge is 0.513 e. The van der Waals surface area contributed by atoms with E-state index in [1.807, 2.05) is 6.92 Å². The second-order valence-electron chi connectivity index (χ2n) is 4.11. The Balaban J connectivity index is 5.12. The lowest BCUT2D eigenvalue weighted by Crippen LogP contribution is -2.57. The van der Waals surface area contributed by atoms with Gasteiger partial charge in [0.15, 0.2) is 0 Å². The van der Waals surface area contributed by atoms with E-state index in [4.69, 9.17) is 26.6 Å². The fourth-order valence-corrected chi connectivity index (χ4v) is 10.7. The summed E-state index contributed by atoms with van der Waals surface area (Å²) in [6.07, 6.45) is 0.859. The molecule has 0 aromatic carbocycles. The van der Waals surface area contributed by atoms with E-state index in [0.717, 1.165) is 6.42 Å². The van der Waals surface area contributed by atoms with E-state index in [-0.39, 0.29) is 9.75 Å². The lowest BCUT2D eigenvalue weighted by Gasteiger charge is -2.36. The zero-order valence-electron chi connectivity index (χ0n) is 13.7. The van der Waals surface area contributed by atoms with Gasteiger partial charge in [-0.15, -0.1) is 11.8 Å². The lowest BCUT2D eigenvalue weighted by atomic mass is 10.6. The first kappa shape index (κ1) is 20.5. The minimum atomic E-state index is -2.71. The number of hydrogen-bond donors (Lipinski definition) is 0. The first-order valence-corrected chi connectivity index (χ1v) is 11.0. The summed E-state index contributed by atoms with van der Waals surface area (Å²) in [7, 11) is 4.32. The summed E-state index contributed by atoms with van der Waals surface area (Å²) in [6.45, 7) is 4.12. The summed E-state index contributed by atoms with van der Waals surface area (Å²) in [5.74, 6) is 0. The Morgan fingerprint density at radius 2 is 1.10 bits per heavy atom. The zero-order chi connectivity index (χ0) is 15.8. The monoisotopic (exact) mass is 344 g/mol. The molecule has 0 aromatic heterocycles. The third-order valence-electron chi connectivity index (χ3n) is 3.34. The maximum atomic E-state index is 5.57. The second-order valence-corrected chi connectivity index (χ2v) is 12.9. The minimum absolute atomic E-state index is 0.0415. The highest BCUT2D eigenvalue weighted by molar-refractivity contribution is 8.03. The molecule has 0 saturated carbocycles. The fraction of sp³-hybridized carbons (Fsp3) is 1.00. The van der Waals surface area contributed by atoms with Crippen LogP contribution in [0.4, 0.5) is 0 Å². The van der Waals surface area contributed by atoms with Gasteiger partial charge in [0.1, 0.15) is 0 Å². The van der Waals surface area contributed by atoms with Gasteiger partial charge in [0.2, 0.25) is 0 Å². The van der Waals surface area contributed by atoms with Gasteiger partial charge in [0.25, 0.3) is 0 Å². The van der Waals surface area contributed by atoms with Crippen molar-refractivity contribution in [3.63, 3.8) is 0 Å². The first-order valence-electron chi connectivity index (χ1n) is 6.42. The molecule has 9 heteroatoms. The summed E-state index contributed by atoms with van der Waals surface area (Å²) in [5.41, 5.74) is 0. The molecular weight excluding hydrogens is 316 g/mol. The number of rotatable bonds is 11. The topological polar surface area (TPSA) is 55.4 Å². The summed E-state index contributed by atoms with van der Waals surface area (Å²) < 4.78 is 33.3. The van der Waals surface area contributed by atoms with Crippen LogP contribution in [0.3, 0.4) is 0 Å².